The van der Waals surface area contributed by atoms with Gasteiger partial charge in [-0.3, -0.25) is 9.59 Å². The number of furan rings is 1. The molecule has 2 aromatic rings. The fourth-order valence-electron chi connectivity index (χ4n) is 3.76. The van der Waals surface area contributed by atoms with E-state index in [2.05, 4.69) is 13.8 Å². The predicted molar refractivity (Wildman–Crippen MR) is 120 cm³/mol. The fourth-order valence-corrected chi connectivity index (χ4v) is 3.76. The van der Waals surface area contributed by atoms with Crippen molar-refractivity contribution in [3.8, 4) is 5.75 Å². The minimum atomic E-state index is -0.794. The molecule has 2 heterocycles. The zero-order valence-corrected chi connectivity index (χ0v) is 19.3. The summed E-state index contributed by atoms with van der Waals surface area (Å²) in [4.78, 5) is 27.3. The summed E-state index contributed by atoms with van der Waals surface area (Å²) in [5.41, 5.74) is 1.30. The van der Waals surface area contributed by atoms with Crippen LogP contribution >= 0.6 is 0 Å². The van der Waals surface area contributed by atoms with Crippen LogP contribution < -0.4 is 4.74 Å². The molecule has 0 bridgehead atoms. The van der Waals surface area contributed by atoms with Gasteiger partial charge >= 0.3 is 0 Å². The standard InChI is InChI=1S/C25H31NO6/c1-15(2)14-31-19-10-8-18(13-16(19)3)23(27)21-22(20-9-7-17(4)32-20)26(11-6-12-30-5)25(29)24(21)28/h7-10,13,15,22,27H,6,11-12,14H2,1-5H3/b23-21-. The van der Waals surface area contributed by atoms with Crippen LogP contribution in [0.25, 0.3) is 5.76 Å². The molecule has 0 saturated carbocycles. The third-order valence-corrected chi connectivity index (χ3v) is 5.34. The highest BCUT2D eigenvalue weighted by Crippen LogP contribution is 2.40. The lowest BCUT2D eigenvalue weighted by Crippen LogP contribution is -2.31. The summed E-state index contributed by atoms with van der Waals surface area (Å²) in [6, 6.07) is 7.94. The molecule has 32 heavy (non-hydrogen) atoms. The van der Waals surface area contributed by atoms with E-state index in [0.717, 1.165) is 5.56 Å². The van der Waals surface area contributed by atoms with Gasteiger partial charge in [0.2, 0.25) is 0 Å². The van der Waals surface area contributed by atoms with Gasteiger partial charge in [-0.05, 0) is 62.1 Å². The number of hydrogen-bond acceptors (Lipinski definition) is 6. The van der Waals surface area contributed by atoms with Crippen molar-refractivity contribution in [2.24, 2.45) is 5.92 Å². The Hall–Kier alpha value is -3.06. The van der Waals surface area contributed by atoms with Crippen LogP contribution in [0.3, 0.4) is 0 Å². The fraction of sp³-hybridized carbons (Fsp3) is 0.440. The van der Waals surface area contributed by atoms with Crippen LogP contribution in [0.15, 0.2) is 40.3 Å². The van der Waals surface area contributed by atoms with Crippen LogP contribution in [-0.4, -0.2) is 48.6 Å². The number of Topliss-reactive ketones (excluding diaryl/α,β-unsaturated/α-hetero) is 1. The Morgan fingerprint density at radius 3 is 2.53 bits per heavy atom. The van der Waals surface area contributed by atoms with Crippen molar-refractivity contribution in [2.75, 3.05) is 26.9 Å². The van der Waals surface area contributed by atoms with Crippen molar-refractivity contribution in [3.05, 3.63) is 58.6 Å². The maximum atomic E-state index is 13.0. The topological polar surface area (TPSA) is 89.2 Å². The van der Waals surface area contributed by atoms with Crippen LogP contribution in [0.2, 0.25) is 0 Å². The molecule has 1 saturated heterocycles. The maximum Gasteiger partial charge on any atom is 0.295 e. The molecular formula is C25H31NO6. The molecular weight excluding hydrogens is 410 g/mol. The quantitative estimate of drug-likeness (QED) is 0.269. The van der Waals surface area contributed by atoms with Gasteiger partial charge in [0.15, 0.2) is 0 Å². The van der Waals surface area contributed by atoms with E-state index >= 15 is 0 Å². The first kappa shape index (κ1) is 23.6. The van der Waals surface area contributed by atoms with Crippen molar-refractivity contribution in [2.45, 2.75) is 40.2 Å². The number of hydrogen-bond donors (Lipinski definition) is 1. The summed E-state index contributed by atoms with van der Waals surface area (Å²) in [5, 5.41) is 11.1. The lowest BCUT2D eigenvalue weighted by atomic mass is 9.98. The van der Waals surface area contributed by atoms with E-state index in [1.165, 1.54) is 4.90 Å². The summed E-state index contributed by atoms with van der Waals surface area (Å²) in [7, 11) is 1.58. The Bertz CT molecular complexity index is 1020. The molecule has 1 N–H and O–H groups in total. The number of likely N-dealkylation sites (tertiary alicyclic amines) is 1. The van der Waals surface area contributed by atoms with Gasteiger partial charge in [0, 0.05) is 25.8 Å². The molecule has 1 aliphatic heterocycles. The van der Waals surface area contributed by atoms with Crippen molar-refractivity contribution in [1.82, 2.24) is 4.90 Å². The van der Waals surface area contributed by atoms with Crippen molar-refractivity contribution in [3.63, 3.8) is 0 Å². The monoisotopic (exact) mass is 441 g/mol. The zero-order valence-electron chi connectivity index (χ0n) is 19.3. The highest BCUT2D eigenvalue weighted by atomic mass is 16.5. The normalized spacial score (nSPS) is 18.1. The largest absolute Gasteiger partial charge is 0.507 e. The lowest BCUT2D eigenvalue weighted by molar-refractivity contribution is -0.140. The number of aliphatic hydroxyl groups is 1. The molecule has 172 valence electrons. The number of benzene rings is 1. The van der Waals surface area contributed by atoms with Crippen LogP contribution in [0.4, 0.5) is 0 Å². The van der Waals surface area contributed by atoms with E-state index < -0.39 is 17.7 Å². The summed E-state index contributed by atoms with van der Waals surface area (Å²) < 4.78 is 16.7. The average Bonchev–Trinajstić information content (AvgIpc) is 3.28. The number of carbonyl (C=O) groups is 2. The van der Waals surface area contributed by atoms with E-state index in [1.54, 1.807) is 44.4 Å². The van der Waals surface area contributed by atoms with Crippen LogP contribution in [0.1, 0.15) is 49.0 Å². The predicted octanol–water partition coefficient (Wildman–Crippen LogP) is 4.39. The first-order chi connectivity index (χ1) is 15.2. The number of nitrogens with zero attached hydrogens (tertiary/aromatic N) is 1. The smallest absolute Gasteiger partial charge is 0.295 e. The third-order valence-electron chi connectivity index (χ3n) is 5.34. The molecule has 1 fully saturated rings. The number of ether oxygens (including phenoxy) is 2. The molecule has 0 aliphatic carbocycles. The molecule has 1 unspecified atom stereocenters. The molecule has 0 spiro atoms. The summed E-state index contributed by atoms with van der Waals surface area (Å²) in [5.74, 6) is 0.586. The van der Waals surface area contributed by atoms with Crippen molar-refractivity contribution >= 4 is 17.4 Å². The van der Waals surface area contributed by atoms with E-state index in [-0.39, 0.29) is 11.3 Å². The maximum absolute atomic E-state index is 13.0. The molecule has 7 heteroatoms. The second-order valence-corrected chi connectivity index (χ2v) is 8.47. The van der Waals surface area contributed by atoms with Gasteiger partial charge in [-0.1, -0.05) is 13.8 Å². The van der Waals surface area contributed by atoms with Crippen LogP contribution in [0, 0.1) is 19.8 Å². The van der Waals surface area contributed by atoms with Crippen LogP contribution in [-0.2, 0) is 14.3 Å². The Kier molecular flexibility index (Phi) is 7.40. The number of rotatable bonds is 9. The minimum absolute atomic E-state index is 0.0250. The number of ketones is 1. The lowest BCUT2D eigenvalue weighted by Gasteiger charge is -2.23. The van der Waals surface area contributed by atoms with E-state index in [1.807, 2.05) is 6.92 Å². The number of methoxy groups -OCH3 is 1. The zero-order chi connectivity index (χ0) is 23.4. The Labute approximate surface area is 188 Å². The highest BCUT2D eigenvalue weighted by Gasteiger charge is 2.47. The van der Waals surface area contributed by atoms with Gasteiger partial charge in [-0.25, -0.2) is 0 Å². The highest BCUT2D eigenvalue weighted by molar-refractivity contribution is 6.46. The van der Waals surface area contributed by atoms with Gasteiger partial charge < -0.3 is 23.9 Å². The van der Waals surface area contributed by atoms with Gasteiger partial charge in [0.25, 0.3) is 11.7 Å². The van der Waals surface area contributed by atoms with Gasteiger partial charge in [0.1, 0.15) is 29.1 Å². The summed E-state index contributed by atoms with van der Waals surface area (Å²) >= 11 is 0. The molecule has 1 amide bonds. The molecule has 3 rings (SSSR count). The molecule has 7 nitrogen and oxygen atoms in total. The Morgan fingerprint density at radius 1 is 1.19 bits per heavy atom. The average molecular weight is 442 g/mol. The second kappa shape index (κ2) is 10.0. The first-order valence-corrected chi connectivity index (χ1v) is 10.8. The SMILES string of the molecule is COCCCN1C(=O)C(=O)/C(=C(\O)c2ccc(OCC(C)C)c(C)c2)C1c1ccc(C)o1. The Balaban J connectivity index is 2.02. The molecule has 1 aliphatic rings. The summed E-state index contributed by atoms with van der Waals surface area (Å²) in [6.45, 7) is 9.14. The van der Waals surface area contributed by atoms with E-state index in [0.29, 0.717) is 54.9 Å². The number of aryl methyl sites for hydroxylation is 2. The molecule has 1 atom stereocenters. The van der Waals surface area contributed by atoms with Gasteiger partial charge in [0.05, 0.1) is 12.2 Å². The number of aliphatic hydroxyl groups excluding tert-OH is 1. The van der Waals surface area contributed by atoms with Gasteiger partial charge in [-0.15, -0.1) is 0 Å². The third kappa shape index (κ3) is 4.88. The number of amides is 1. The Morgan fingerprint density at radius 2 is 1.94 bits per heavy atom. The molecule has 0 radical (unpaired) electrons. The van der Waals surface area contributed by atoms with Crippen molar-refractivity contribution < 1.29 is 28.6 Å². The van der Waals surface area contributed by atoms with E-state index in [4.69, 9.17) is 13.9 Å². The second-order valence-electron chi connectivity index (χ2n) is 8.47. The minimum Gasteiger partial charge on any atom is -0.507 e. The van der Waals surface area contributed by atoms with E-state index in [9.17, 15) is 14.7 Å². The van der Waals surface area contributed by atoms with Crippen LogP contribution in [0.5, 0.6) is 5.75 Å². The van der Waals surface area contributed by atoms with Crippen molar-refractivity contribution in [1.29, 1.82) is 0 Å². The summed E-state index contributed by atoms with van der Waals surface area (Å²) in [6.07, 6.45) is 0.556. The molecule has 1 aromatic heterocycles. The molecule has 1 aromatic carbocycles. The number of carbonyl (C=O) groups excluding carboxylic acids is 2. The first-order valence-electron chi connectivity index (χ1n) is 10.8. The van der Waals surface area contributed by atoms with Gasteiger partial charge in [-0.2, -0.15) is 0 Å².